The number of hydrogen-bond donors (Lipinski definition) is 1. The second-order valence-electron chi connectivity index (χ2n) is 5.60. The van der Waals surface area contributed by atoms with Crippen molar-refractivity contribution in [1.29, 1.82) is 0 Å². The molecule has 2 heterocycles. The van der Waals surface area contributed by atoms with Crippen molar-refractivity contribution in [3.05, 3.63) is 58.7 Å². The van der Waals surface area contributed by atoms with Gasteiger partial charge < -0.3 is 5.73 Å². The molecule has 0 spiro atoms. The van der Waals surface area contributed by atoms with E-state index in [1.165, 1.54) is 12.1 Å². The Morgan fingerprint density at radius 2 is 2.00 bits per heavy atom. The molecule has 1 aliphatic rings. The van der Waals surface area contributed by atoms with Gasteiger partial charge in [0, 0.05) is 25.2 Å². The highest BCUT2D eigenvalue weighted by Crippen LogP contribution is 2.29. The van der Waals surface area contributed by atoms with Crippen LogP contribution in [0.2, 0.25) is 0 Å². The summed E-state index contributed by atoms with van der Waals surface area (Å²) in [6, 6.07) is 5.10. The maximum atomic E-state index is 12.6. The third-order valence-electron chi connectivity index (χ3n) is 3.85. The van der Waals surface area contributed by atoms with Crippen molar-refractivity contribution in [3.63, 3.8) is 0 Å². The average Bonchev–Trinajstić information content (AvgIpc) is 2.54. The van der Waals surface area contributed by atoms with Crippen LogP contribution in [0.5, 0.6) is 0 Å². The van der Waals surface area contributed by atoms with Crippen LogP contribution in [-0.2, 0) is 25.7 Å². The summed E-state index contributed by atoms with van der Waals surface area (Å²) >= 11 is 0. The molecule has 0 fully saturated rings. The van der Waals surface area contributed by atoms with Gasteiger partial charge in [-0.15, -0.1) is 0 Å². The molecule has 0 aliphatic carbocycles. The second-order valence-corrected chi connectivity index (χ2v) is 5.60. The van der Waals surface area contributed by atoms with Gasteiger partial charge in [0.15, 0.2) is 0 Å². The summed E-state index contributed by atoms with van der Waals surface area (Å²) in [6.45, 7) is 1.67. The van der Waals surface area contributed by atoms with Gasteiger partial charge in [0.25, 0.3) is 5.91 Å². The first-order valence-corrected chi connectivity index (χ1v) is 7.28. The van der Waals surface area contributed by atoms with Crippen LogP contribution in [0.3, 0.4) is 0 Å². The molecule has 0 bridgehead atoms. The number of rotatable bonds is 3. The van der Waals surface area contributed by atoms with Crippen LogP contribution < -0.4 is 5.73 Å². The molecule has 0 atom stereocenters. The number of carbonyl (C=O) groups excluding carboxylic acids is 1. The SMILES string of the molecule is NC(=O)c1n[c]c2c(n1)CN(Cc1ccc(C(F)(F)F)cc1)CC2. The highest BCUT2D eigenvalue weighted by atomic mass is 19.4. The van der Waals surface area contributed by atoms with Crippen LogP contribution in [0.1, 0.15) is 33.0 Å². The van der Waals surface area contributed by atoms with Gasteiger partial charge in [-0.05, 0) is 24.1 Å². The normalized spacial score (nSPS) is 15.1. The van der Waals surface area contributed by atoms with Crippen LogP contribution in [0, 0.1) is 6.20 Å². The summed E-state index contributed by atoms with van der Waals surface area (Å²) in [5, 5.41) is 0. The molecule has 1 aromatic heterocycles. The summed E-state index contributed by atoms with van der Waals surface area (Å²) < 4.78 is 37.7. The molecule has 2 N–H and O–H groups in total. The van der Waals surface area contributed by atoms with Crippen LogP contribution in [0.25, 0.3) is 0 Å². The lowest BCUT2D eigenvalue weighted by molar-refractivity contribution is -0.137. The predicted molar refractivity (Wildman–Crippen MR) is 78.6 cm³/mol. The fourth-order valence-electron chi connectivity index (χ4n) is 2.60. The topological polar surface area (TPSA) is 72.1 Å². The molecule has 1 amide bonds. The highest BCUT2D eigenvalue weighted by Gasteiger charge is 2.30. The zero-order chi connectivity index (χ0) is 17.3. The number of nitrogens with zero attached hydrogens (tertiary/aromatic N) is 3. The number of hydrogen-bond acceptors (Lipinski definition) is 4. The summed E-state index contributed by atoms with van der Waals surface area (Å²) in [5.74, 6) is -0.793. The Labute approximate surface area is 136 Å². The highest BCUT2D eigenvalue weighted by molar-refractivity contribution is 5.88. The molecule has 125 valence electrons. The molecule has 0 saturated heterocycles. The van der Waals surface area contributed by atoms with E-state index >= 15 is 0 Å². The van der Waals surface area contributed by atoms with E-state index in [0.29, 0.717) is 31.7 Å². The number of fused-ring (bicyclic) bond motifs is 1. The Balaban J connectivity index is 1.71. The molecule has 0 unspecified atom stereocenters. The third-order valence-corrected chi connectivity index (χ3v) is 3.85. The minimum absolute atomic E-state index is 0.0786. The zero-order valence-corrected chi connectivity index (χ0v) is 12.6. The van der Waals surface area contributed by atoms with Crippen molar-refractivity contribution in [2.24, 2.45) is 5.73 Å². The molecule has 2 aromatic rings. The number of amides is 1. The molecule has 1 aromatic carbocycles. The van der Waals surface area contributed by atoms with Gasteiger partial charge >= 0.3 is 6.18 Å². The van der Waals surface area contributed by atoms with Gasteiger partial charge in [-0.25, -0.2) is 9.97 Å². The number of alkyl halides is 3. The predicted octanol–water partition coefficient (Wildman–Crippen LogP) is 1.95. The van der Waals surface area contributed by atoms with E-state index in [2.05, 4.69) is 16.2 Å². The lowest BCUT2D eigenvalue weighted by Crippen LogP contribution is -2.32. The average molecular weight is 335 g/mol. The van der Waals surface area contributed by atoms with E-state index in [1.807, 2.05) is 4.90 Å². The van der Waals surface area contributed by atoms with E-state index in [9.17, 15) is 18.0 Å². The van der Waals surface area contributed by atoms with Crippen molar-refractivity contribution >= 4 is 5.91 Å². The first-order valence-electron chi connectivity index (χ1n) is 7.28. The Morgan fingerprint density at radius 1 is 1.29 bits per heavy atom. The maximum absolute atomic E-state index is 12.6. The van der Waals surface area contributed by atoms with Crippen LogP contribution in [0.4, 0.5) is 13.2 Å². The molecule has 5 nitrogen and oxygen atoms in total. The van der Waals surface area contributed by atoms with Crippen LogP contribution in [-0.4, -0.2) is 27.3 Å². The first kappa shape index (κ1) is 16.4. The van der Waals surface area contributed by atoms with E-state index in [-0.39, 0.29) is 5.82 Å². The second kappa shape index (κ2) is 6.20. The summed E-state index contributed by atoms with van der Waals surface area (Å²) in [6.07, 6.45) is -0.889. The van der Waals surface area contributed by atoms with Crippen molar-refractivity contribution in [3.8, 4) is 0 Å². The number of halogens is 3. The molecule has 3 rings (SSSR count). The third kappa shape index (κ3) is 3.53. The molecule has 1 radical (unpaired) electrons. The number of primary amides is 1. The molecular weight excluding hydrogens is 321 g/mol. The molecule has 0 saturated carbocycles. The number of nitrogens with two attached hydrogens (primary N) is 1. The van der Waals surface area contributed by atoms with Crippen molar-refractivity contribution in [1.82, 2.24) is 14.9 Å². The van der Waals surface area contributed by atoms with Crippen molar-refractivity contribution in [2.45, 2.75) is 25.7 Å². The summed E-state index contributed by atoms with van der Waals surface area (Å²) in [4.78, 5) is 21.1. The standard InChI is InChI=1S/C16H14F3N4O/c17-16(18,19)12-3-1-10(2-4-12)8-23-6-5-11-7-21-15(14(20)24)22-13(11)9-23/h1-4H,5-6,8-9H2,(H2,20,24). The van der Waals surface area contributed by atoms with Crippen molar-refractivity contribution < 1.29 is 18.0 Å². The zero-order valence-electron chi connectivity index (χ0n) is 12.6. The van der Waals surface area contributed by atoms with Gasteiger partial charge in [-0.1, -0.05) is 12.1 Å². The number of aromatic nitrogens is 2. The molecule has 8 heteroatoms. The Bertz CT molecular complexity index is 759. The Hall–Kier alpha value is -2.48. The van der Waals surface area contributed by atoms with Gasteiger partial charge in [0.05, 0.1) is 17.5 Å². The number of carbonyl (C=O) groups is 1. The van der Waals surface area contributed by atoms with Gasteiger partial charge in [-0.2, -0.15) is 13.2 Å². The van der Waals surface area contributed by atoms with E-state index < -0.39 is 17.6 Å². The Kier molecular flexibility index (Phi) is 4.23. The van der Waals surface area contributed by atoms with E-state index in [1.54, 1.807) is 0 Å². The monoisotopic (exact) mass is 335 g/mol. The molecule has 1 aliphatic heterocycles. The lowest BCUT2D eigenvalue weighted by atomic mass is 10.1. The minimum Gasteiger partial charge on any atom is -0.363 e. The van der Waals surface area contributed by atoms with Crippen LogP contribution >= 0.6 is 0 Å². The van der Waals surface area contributed by atoms with Crippen LogP contribution in [0.15, 0.2) is 24.3 Å². The quantitative estimate of drug-likeness (QED) is 0.931. The Morgan fingerprint density at radius 3 is 2.62 bits per heavy atom. The first-order chi connectivity index (χ1) is 11.3. The summed E-state index contributed by atoms with van der Waals surface area (Å²) in [7, 11) is 0. The fraction of sp³-hybridized carbons (Fsp3) is 0.312. The number of benzene rings is 1. The van der Waals surface area contributed by atoms with Gasteiger partial charge in [0.2, 0.25) is 5.82 Å². The van der Waals surface area contributed by atoms with E-state index in [0.717, 1.165) is 23.3 Å². The van der Waals surface area contributed by atoms with Crippen molar-refractivity contribution in [2.75, 3.05) is 6.54 Å². The minimum atomic E-state index is -4.33. The smallest absolute Gasteiger partial charge is 0.363 e. The maximum Gasteiger partial charge on any atom is 0.416 e. The largest absolute Gasteiger partial charge is 0.416 e. The van der Waals surface area contributed by atoms with E-state index in [4.69, 9.17) is 5.73 Å². The molecular formula is C16H14F3N4O. The summed E-state index contributed by atoms with van der Waals surface area (Å²) in [5.41, 5.74) is 6.79. The van der Waals surface area contributed by atoms with Gasteiger partial charge in [0.1, 0.15) is 0 Å². The fourth-order valence-corrected chi connectivity index (χ4v) is 2.60. The lowest BCUT2D eigenvalue weighted by Gasteiger charge is -2.27. The molecule has 24 heavy (non-hydrogen) atoms. The van der Waals surface area contributed by atoms with Gasteiger partial charge in [-0.3, -0.25) is 9.69 Å².